The van der Waals surface area contributed by atoms with Crippen LogP contribution in [0, 0.1) is 0 Å². The van der Waals surface area contributed by atoms with Crippen molar-refractivity contribution in [3.63, 3.8) is 0 Å². The van der Waals surface area contributed by atoms with Crippen molar-refractivity contribution in [2.24, 2.45) is 0 Å². The van der Waals surface area contributed by atoms with Gasteiger partial charge in [0.2, 0.25) is 5.91 Å². The standard InChI is InChI=1S/C25H27N5O5/c31-16-19(14-24(33)34)29-23(32)8-2-1-5-13-26-25(35)17-9-11-18(12-10-17)28-22-15-27-20-6-3-4-7-21(20)30-22/h3-4,6-7,9-12,15-16,19H,1-2,5,8,13-14H2,(H,26,35)(H,28,30)(H,29,32)(H,33,34)/t19-/m0/s1. The van der Waals surface area contributed by atoms with E-state index < -0.39 is 18.4 Å². The number of carbonyl (C=O) groups is 4. The van der Waals surface area contributed by atoms with Crippen molar-refractivity contribution in [3.8, 4) is 0 Å². The maximum Gasteiger partial charge on any atom is 0.305 e. The zero-order valence-corrected chi connectivity index (χ0v) is 19.1. The van der Waals surface area contributed by atoms with Crippen molar-refractivity contribution < 1.29 is 24.3 Å². The van der Waals surface area contributed by atoms with Gasteiger partial charge in [-0.2, -0.15) is 0 Å². The second kappa shape index (κ2) is 12.8. The lowest BCUT2D eigenvalue weighted by atomic mass is 10.1. The van der Waals surface area contributed by atoms with Gasteiger partial charge in [-0.1, -0.05) is 18.6 Å². The van der Waals surface area contributed by atoms with Crippen LogP contribution in [0.25, 0.3) is 11.0 Å². The van der Waals surface area contributed by atoms with Gasteiger partial charge in [-0.25, -0.2) is 4.98 Å². The minimum atomic E-state index is -1.15. The summed E-state index contributed by atoms with van der Waals surface area (Å²) in [5.41, 5.74) is 2.91. The molecule has 3 rings (SSSR count). The van der Waals surface area contributed by atoms with Crippen LogP contribution in [0.2, 0.25) is 0 Å². The van der Waals surface area contributed by atoms with Crippen molar-refractivity contribution in [2.75, 3.05) is 11.9 Å². The first-order valence-electron chi connectivity index (χ1n) is 11.3. The van der Waals surface area contributed by atoms with Crippen LogP contribution in [0.5, 0.6) is 0 Å². The zero-order chi connectivity index (χ0) is 25.0. The van der Waals surface area contributed by atoms with E-state index in [9.17, 15) is 19.2 Å². The average molecular weight is 478 g/mol. The fraction of sp³-hybridized carbons (Fsp3) is 0.280. The van der Waals surface area contributed by atoms with Crippen LogP contribution in [0.4, 0.5) is 11.5 Å². The molecule has 35 heavy (non-hydrogen) atoms. The smallest absolute Gasteiger partial charge is 0.305 e. The first-order chi connectivity index (χ1) is 16.9. The van der Waals surface area contributed by atoms with Gasteiger partial charge in [-0.15, -0.1) is 0 Å². The highest BCUT2D eigenvalue weighted by atomic mass is 16.4. The number of fused-ring (bicyclic) bond motifs is 1. The Morgan fingerprint density at radius 1 is 0.971 bits per heavy atom. The lowest BCUT2D eigenvalue weighted by Gasteiger charge is -2.10. The quantitative estimate of drug-likeness (QED) is 0.217. The Kier molecular flexibility index (Phi) is 9.23. The Labute approximate surface area is 202 Å². The van der Waals surface area contributed by atoms with E-state index in [-0.39, 0.29) is 18.2 Å². The molecule has 0 radical (unpaired) electrons. The Morgan fingerprint density at radius 3 is 2.43 bits per heavy atom. The number of unbranched alkanes of at least 4 members (excludes halogenated alkanes) is 2. The van der Waals surface area contributed by atoms with Gasteiger partial charge in [0.1, 0.15) is 12.1 Å². The van der Waals surface area contributed by atoms with E-state index in [1.807, 2.05) is 24.3 Å². The first-order valence-corrected chi connectivity index (χ1v) is 11.3. The highest BCUT2D eigenvalue weighted by Gasteiger charge is 2.14. The summed E-state index contributed by atoms with van der Waals surface area (Å²) in [7, 11) is 0. The van der Waals surface area contributed by atoms with Gasteiger partial charge in [0.05, 0.1) is 29.7 Å². The number of rotatable bonds is 13. The van der Waals surface area contributed by atoms with E-state index in [4.69, 9.17) is 5.11 Å². The maximum absolute atomic E-state index is 12.3. The van der Waals surface area contributed by atoms with E-state index in [2.05, 4.69) is 25.9 Å². The molecule has 0 fully saturated rings. The molecule has 0 aliphatic heterocycles. The number of aromatic nitrogens is 2. The lowest BCUT2D eigenvalue weighted by molar-refractivity contribution is -0.138. The molecule has 10 nitrogen and oxygen atoms in total. The number of para-hydroxylation sites is 2. The molecule has 1 aromatic heterocycles. The molecule has 2 amide bonds. The number of nitrogens with zero attached hydrogens (tertiary/aromatic N) is 2. The minimum Gasteiger partial charge on any atom is -0.481 e. The summed E-state index contributed by atoms with van der Waals surface area (Å²) in [5, 5.41) is 17.1. The lowest BCUT2D eigenvalue weighted by Crippen LogP contribution is -2.37. The SMILES string of the molecule is O=C[C@H](CC(=O)O)NC(=O)CCCCCNC(=O)c1ccc(Nc2cnc3ccccc3n2)cc1. The number of carbonyl (C=O) groups excluding carboxylic acids is 3. The van der Waals surface area contributed by atoms with E-state index in [0.29, 0.717) is 43.5 Å². The number of hydrogen-bond donors (Lipinski definition) is 4. The maximum atomic E-state index is 12.3. The highest BCUT2D eigenvalue weighted by molar-refractivity contribution is 5.94. The molecule has 2 aromatic carbocycles. The number of hydrogen-bond acceptors (Lipinski definition) is 7. The van der Waals surface area contributed by atoms with Gasteiger partial charge in [0.25, 0.3) is 5.91 Å². The van der Waals surface area contributed by atoms with Crippen molar-refractivity contribution in [1.82, 2.24) is 20.6 Å². The number of aliphatic carboxylic acids is 1. The van der Waals surface area contributed by atoms with Crippen molar-refractivity contribution in [2.45, 2.75) is 38.1 Å². The van der Waals surface area contributed by atoms with Crippen LogP contribution in [-0.2, 0) is 14.4 Å². The molecule has 1 atom stereocenters. The Balaban J connectivity index is 1.35. The van der Waals surface area contributed by atoms with Crippen LogP contribution in [0.1, 0.15) is 42.5 Å². The molecule has 182 valence electrons. The van der Waals surface area contributed by atoms with E-state index in [1.54, 1.807) is 30.5 Å². The normalized spacial score (nSPS) is 11.4. The molecule has 0 saturated carbocycles. The highest BCUT2D eigenvalue weighted by Crippen LogP contribution is 2.17. The third-order valence-electron chi connectivity index (χ3n) is 5.14. The van der Waals surface area contributed by atoms with Crippen molar-refractivity contribution in [1.29, 1.82) is 0 Å². The Hall–Kier alpha value is -4.34. The van der Waals surface area contributed by atoms with Crippen LogP contribution in [-0.4, -0.2) is 51.7 Å². The molecule has 0 unspecified atom stereocenters. The summed E-state index contributed by atoms with van der Waals surface area (Å²) in [6.45, 7) is 0.461. The number of anilines is 2. The molecular formula is C25H27N5O5. The van der Waals surface area contributed by atoms with Crippen LogP contribution < -0.4 is 16.0 Å². The molecule has 0 saturated heterocycles. The fourth-order valence-corrected chi connectivity index (χ4v) is 3.36. The number of carboxylic acids is 1. The first kappa shape index (κ1) is 25.3. The average Bonchev–Trinajstić information content (AvgIpc) is 2.85. The second-order valence-corrected chi connectivity index (χ2v) is 7.92. The largest absolute Gasteiger partial charge is 0.481 e. The second-order valence-electron chi connectivity index (χ2n) is 7.92. The van der Waals surface area contributed by atoms with Crippen LogP contribution in [0.15, 0.2) is 54.7 Å². The van der Waals surface area contributed by atoms with Gasteiger partial charge in [0, 0.05) is 24.2 Å². The number of aldehydes is 1. The van der Waals surface area contributed by atoms with Crippen molar-refractivity contribution >= 4 is 46.6 Å². The molecule has 0 bridgehead atoms. The van der Waals surface area contributed by atoms with Gasteiger partial charge in [-0.3, -0.25) is 19.4 Å². The molecule has 1 heterocycles. The molecule has 0 spiro atoms. The topological polar surface area (TPSA) is 150 Å². The third kappa shape index (κ3) is 8.18. The number of benzene rings is 2. The molecule has 4 N–H and O–H groups in total. The summed E-state index contributed by atoms with van der Waals surface area (Å²) < 4.78 is 0. The Bertz CT molecular complexity index is 1180. The van der Waals surface area contributed by atoms with Crippen molar-refractivity contribution in [3.05, 3.63) is 60.3 Å². The zero-order valence-electron chi connectivity index (χ0n) is 19.1. The molecule has 10 heteroatoms. The van der Waals surface area contributed by atoms with Crippen LogP contribution >= 0.6 is 0 Å². The summed E-state index contributed by atoms with van der Waals surface area (Å²) in [4.78, 5) is 54.4. The van der Waals surface area contributed by atoms with Crippen LogP contribution in [0.3, 0.4) is 0 Å². The third-order valence-corrected chi connectivity index (χ3v) is 5.14. The van der Waals surface area contributed by atoms with E-state index in [1.165, 1.54) is 0 Å². The summed E-state index contributed by atoms with van der Waals surface area (Å²) >= 11 is 0. The van der Waals surface area contributed by atoms with Gasteiger partial charge < -0.3 is 25.9 Å². The molecule has 0 aliphatic carbocycles. The fourth-order valence-electron chi connectivity index (χ4n) is 3.36. The number of carboxylic acid groups (broad SMARTS) is 1. The monoisotopic (exact) mass is 477 g/mol. The predicted molar refractivity (Wildman–Crippen MR) is 130 cm³/mol. The van der Waals surface area contributed by atoms with E-state index in [0.717, 1.165) is 16.7 Å². The number of nitrogens with one attached hydrogen (secondary N) is 3. The van der Waals surface area contributed by atoms with Gasteiger partial charge in [-0.05, 0) is 49.2 Å². The molecule has 3 aromatic rings. The minimum absolute atomic E-state index is 0.188. The van der Waals surface area contributed by atoms with Gasteiger partial charge >= 0.3 is 5.97 Å². The van der Waals surface area contributed by atoms with Gasteiger partial charge in [0.15, 0.2) is 0 Å². The Morgan fingerprint density at radius 2 is 1.71 bits per heavy atom. The summed E-state index contributed by atoms with van der Waals surface area (Å²) in [6.07, 6.45) is 3.78. The molecular weight excluding hydrogens is 450 g/mol. The summed E-state index contributed by atoms with van der Waals surface area (Å²) in [5.74, 6) is -1.10. The molecule has 0 aliphatic rings. The summed E-state index contributed by atoms with van der Waals surface area (Å²) in [6, 6.07) is 13.6. The predicted octanol–water partition coefficient (Wildman–Crippen LogP) is 2.82. The number of amides is 2. The van der Waals surface area contributed by atoms with E-state index >= 15 is 0 Å².